The van der Waals surface area contributed by atoms with E-state index in [-0.39, 0.29) is 11.3 Å². The molecule has 2 heterocycles. The summed E-state index contributed by atoms with van der Waals surface area (Å²) >= 11 is 1.63. The Morgan fingerprint density at radius 2 is 1.84 bits per heavy atom. The average Bonchev–Trinajstić information content (AvgIpc) is 3.21. The molecule has 2 aromatic rings. The van der Waals surface area contributed by atoms with Crippen molar-refractivity contribution in [2.24, 2.45) is 0 Å². The van der Waals surface area contributed by atoms with Gasteiger partial charge in [-0.2, -0.15) is 0 Å². The summed E-state index contributed by atoms with van der Waals surface area (Å²) in [4.78, 5) is 28.0. The molecule has 32 heavy (non-hydrogen) atoms. The Bertz CT molecular complexity index is 1010. The quantitative estimate of drug-likeness (QED) is 0.452. The summed E-state index contributed by atoms with van der Waals surface area (Å²) < 4.78 is 17.1. The molecular weight excluding hydrogens is 426 g/mol. The number of rotatable bonds is 7. The molecule has 2 aromatic carbocycles. The zero-order chi connectivity index (χ0) is 22.7. The Kier molecular flexibility index (Phi) is 6.69. The topological polar surface area (TPSA) is 65.1 Å². The van der Waals surface area contributed by atoms with Gasteiger partial charge in [-0.25, -0.2) is 4.79 Å². The van der Waals surface area contributed by atoms with Crippen LogP contribution < -0.4 is 0 Å². The second kappa shape index (κ2) is 9.48. The molecule has 3 atom stereocenters. The first-order chi connectivity index (χ1) is 15.4. The van der Waals surface area contributed by atoms with E-state index in [0.717, 1.165) is 10.5 Å². The standard InChI is InChI=1S/C25H27NO5S/c1-4-29-22(27)15-14-20-21(31-25(2,3)30-20)16-26-23(28)18-12-8-9-13-19(18)24(26)32-17-10-6-5-7-11-17/h5-15,20-21,24H,4,16H2,1-3H3/b15-14+/t20-,21+,24?/m1/s1. The van der Waals surface area contributed by atoms with Crippen LogP contribution in [-0.2, 0) is 19.0 Å². The van der Waals surface area contributed by atoms with Crippen molar-refractivity contribution in [3.05, 3.63) is 77.9 Å². The van der Waals surface area contributed by atoms with E-state index in [1.165, 1.54) is 6.08 Å². The number of carbonyl (C=O) groups excluding carboxylic acids is 2. The van der Waals surface area contributed by atoms with E-state index < -0.39 is 24.0 Å². The molecule has 0 spiro atoms. The third-order valence-corrected chi connectivity index (χ3v) is 6.57. The fraction of sp³-hybridized carbons (Fsp3) is 0.360. The Morgan fingerprint density at radius 1 is 1.12 bits per heavy atom. The van der Waals surface area contributed by atoms with Gasteiger partial charge in [-0.15, -0.1) is 0 Å². The van der Waals surface area contributed by atoms with Crippen molar-refractivity contribution in [3.8, 4) is 0 Å². The van der Waals surface area contributed by atoms with E-state index in [1.807, 2.05) is 73.3 Å². The number of hydrogen-bond donors (Lipinski definition) is 0. The van der Waals surface area contributed by atoms with Gasteiger partial charge in [0, 0.05) is 16.5 Å². The number of benzene rings is 2. The van der Waals surface area contributed by atoms with Gasteiger partial charge in [-0.3, -0.25) is 4.79 Å². The summed E-state index contributed by atoms with van der Waals surface area (Å²) in [6.45, 7) is 6.05. The fourth-order valence-corrected chi connectivity index (χ4v) is 5.21. The Hall–Kier alpha value is -2.61. The van der Waals surface area contributed by atoms with Crippen LogP contribution in [-0.4, -0.2) is 47.9 Å². The largest absolute Gasteiger partial charge is 0.463 e. The molecule has 0 saturated carbocycles. The third-order valence-electron chi connectivity index (χ3n) is 5.30. The number of carbonyl (C=O) groups is 2. The van der Waals surface area contributed by atoms with E-state index in [1.54, 1.807) is 24.8 Å². The zero-order valence-electron chi connectivity index (χ0n) is 18.4. The van der Waals surface area contributed by atoms with Gasteiger partial charge in [0.1, 0.15) is 17.6 Å². The number of fused-ring (bicyclic) bond motifs is 1. The molecule has 0 bridgehead atoms. The molecule has 2 aliphatic heterocycles. The maximum atomic E-state index is 13.3. The Labute approximate surface area is 192 Å². The second-order valence-corrected chi connectivity index (χ2v) is 9.23. The monoisotopic (exact) mass is 453 g/mol. The van der Waals surface area contributed by atoms with Gasteiger partial charge in [0.2, 0.25) is 0 Å². The summed E-state index contributed by atoms with van der Waals surface area (Å²) in [6.07, 6.45) is 2.12. The van der Waals surface area contributed by atoms with E-state index in [0.29, 0.717) is 18.7 Å². The zero-order valence-corrected chi connectivity index (χ0v) is 19.2. The lowest BCUT2D eigenvalue weighted by molar-refractivity contribution is -0.144. The average molecular weight is 454 g/mol. The number of hydrogen-bond acceptors (Lipinski definition) is 6. The Morgan fingerprint density at radius 3 is 2.59 bits per heavy atom. The molecule has 1 unspecified atom stereocenters. The fourth-order valence-electron chi connectivity index (χ4n) is 3.99. The van der Waals surface area contributed by atoms with Crippen molar-refractivity contribution in [2.75, 3.05) is 13.2 Å². The van der Waals surface area contributed by atoms with Crippen LogP contribution in [0.15, 0.2) is 71.6 Å². The predicted molar refractivity (Wildman–Crippen MR) is 122 cm³/mol. The van der Waals surface area contributed by atoms with Crippen molar-refractivity contribution < 1.29 is 23.8 Å². The lowest BCUT2D eigenvalue weighted by Gasteiger charge is -2.28. The van der Waals surface area contributed by atoms with Gasteiger partial charge in [0.25, 0.3) is 5.91 Å². The van der Waals surface area contributed by atoms with Gasteiger partial charge >= 0.3 is 5.97 Å². The van der Waals surface area contributed by atoms with Crippen LogP contribution in [0.5, 0.6) is 0 Å². The molecular formula is C25H27NO5S. The maximum Gasteiger partial charge on any atom is 0.330 e. The molecule has 4 rings (SSSR count). The lowest BCUT2D eigenvalue weighted by Crippen LogP contribution is -2.39. The Balaban J connectivity index is 1.58. The highest BCUT2D eigenvalue weighted by molar-refractivity contribution is 7.99. The minimum absolute atomic E-state index is 0.0320. The van der Waals surface area contributed by atoms with Crippen LogP contribution >= 0.6 is 11.8 Å². The van der Waals surface area contributed by atoms with E-state index in [2.05, 4.69) is 0 Å². The van der Waals surface area contributed by atoms with Gasteiger partial charge in [0.05, 0.1) is 13.2 Å². The van der Waals surface area contributed by atoms with Crippen molar-refractivity contribution >= 4 is 23.6 Å². The highest BCUT2D eigenvalue weighted by atomic mass is 32.2. The van der Waals surface area contributed by atoms with Crippen LogP contribution in [0, 0.1) is 0 Å². The first kappa shape index (κ1) is 22.6. The van der Waals surface area contributed by atoms with Crippen LogP contribution in [0.1, 0.15) is 42.1 Å². The SMILES string of the molecule is CCOC(=O)/C=C/[C@H]1OC(C)(C)O[C@H]1CN1C(=O)c2ccccc2C1Sc1ccccc1. The first-order valence-electron chi connectivity index (χ1n) is 10.7. The number of thioether (sulfide) groups is 1. The summed E-state index contributed by atoms with van der Waals surface area (Å²) in [5, 5.41) is -0.178. The van der Waals surface area contributed by atoms with E-state index in [9.17, 15) is 9.59 Å². The van der Waals surface area contributed by atoms with Crippen LogP contribution in [0.2, 0.25) is 0 Å². The molecule has 6 nitrogen and oxygen atoms in total. The molecule has 1 amide bonds. The van der Waals surface area contributed by atoms with Crippen molar-refractivity contribution in [3.63, 3.8) is 0 Å². The summed E-state index contributed by atoms with van der Waals surface area (Å²) in [5.74, 6) is -1.29. The predicted octanol–water partition coefficient (Wildman–Crippen LogP) is 4.57. The van der Waals surface area contributed by atoms with Gasteiger partial charge in [0.15, 0.2) is 5.79 Å². The number of amides is 1. The van der Waals surface area contributed by atoms with Gasteiger partial charge in [-0.05, 0) is 50.6 Å². The smallest absolute Gasteiger partial charge is 0.330 e. The molecule has 2 aliphatic rings. The summed E-state index contributed by atoms with van der Waals surface area (Å²) in [7, 11) is 0. The molecule has 0 N–H and O–H groups in total. The van der Waals surface area contributed by atoms with Crippen molar-refractivity contribution in [2.45, 2.75) is 49.0 Å². The highest BCUT2D eigenvalue weighted by Crippen LogP contribution is 2.45. The highest BCUT2D eigenvalue weighted by Gasteiger charge is 2.45. The lowest BCUT2D eigenvalue weighted by atomic mass is 10.1. The minimum atomic E-state index is -0.827. The van der Waals surface area contributed by atoms with Crippen molar-refractivity contribution in [1.82, 2.24) is 4.90 Å². The molecule has 0 aromatic heterocycles. The second-order valence-electron chi connectivity index (χ2n) is 8.08. The van der Waals surface area contributed by atoms with E-state index in [4.69, 9.17) is 14.2 Å². The number of esters is 1. The first-order valence-corrected chi connectivity index (χ1v) is 11.6. The summed E-state index contributed by atoms with van der Waals surface area (Å²) in [5.41, 5.74) is 1.70. The normalized spacial score (nSPS) is 24.2. The van der Waals surface area contributed by atoms with Gasteiger partial charge in [-0.1, -0.05) is 48.2 Å². The molecule has 168 valence electrons. The third kappa shape index (κ3) is 4.90. The maximum absolute atomic E-state index is 13.3. The molecule has 1 saturated heterocycles. The van der Waals surface area contributed by atoms with Gasteiger partial charge < -0.3 is 19.1 Å². The minimum Gasteiger partial charge on any atom is -0.463 e. The van der Waals surface area contributed by atoms with E-state index >= 15 is 0 Å². The molecule has 0 aliphatic carbocycles. The van der Waals surface area contributed by atoms with Crippen LogP contribution in [0.4, 0.5) is 0 Å². The molecule has 0 radical (unpaired) electrons. The number of nitrogens with zero attached hydrogens (tertiary/aromatic N) is 1. The van der Waals surface area contributed by atoms with Crippen molar-refractivity contribution in [1.29, 1.82) is 0 Å². The summed E-state index contributed by atoms with van der Waals surface area (Å²) in [6, 6.07) is 17.7. The molecule has 1 fully saturated rings. The van der Waals surface area contributed by atoms with Crippen LogP contribution in [0.25, 0.3) is 0 Å². The molecule has 7 heteroatoms. The number of ether oxygens (including phenoxy) is 3. The van der Waals surface area contributed by atoms with Crippen LogP contribution in [0.3, 0.4) is 0 Å².